The molecule has 190 valence electrons. The molecule has 1 aliphatic rings. The number of barbiturate groups is 1. The lowest BCUT2D eigenvalue weighted by molar-refractivity contribution is -0.122. The van der Waals surface area contributed by atoms with E-state index in [0.717, 1.165) is 16.0 Å². The van der Waals surface area contributed by atoms with E-state index in [0.29, 0.717) is 23.7 Å². The van der Waals surface area contributed by atoms with E-state index in [1.165, 1.54) is 35.9 Å². The number of anilines is 1. The first kappa shape index (κ1) is 25.8. The van der Waals surface area contributed by atoms with Crippen LogP contribution in [0.5, 0.6) is 17.2 Å². The fourth-order valence-electron chi connectivity index (χ4n) is 3.78. The predicted molar refractivity (Wildman–Crippen MR) is 140 cm³/mol. The van der Waals surface area contributed by atoms with Crippen LogP contribution in [0.25, 0.3) is 6.08 Å². The van der Waals surface area contributed by atoms with Gasteiger partial charge < -0.3 is 14.6 Å². The number of aromatic hydroxyl groups is 1. The number of carbonyl (C=O) groups excluding carboxylic acids is 3. The minimum absolute atomic E-state index is 0.0293. The quantitative estimate of drug-likeness (QED) is 0.323. The minimum Gasteiger partial charge on any atom is -0.508 e. The van der Waals surface area contributed by atoms with Gasteiger partial charge in [-0.25, -0.2) is 9.69 Å². The van der Waals surface area contributed by atoms with E-state index in [9.17, 15) is 19.5 Å². The molecule has 3 aromatic rings. The third-order valence-electron chi connectivity index (χ3n) is 5.81. The number of urea groups is 1. The number of phenolic OH excluding ortho intramolecular Hbond substituents is 1. The highest BCUT2D eigenvalue weighted by Gasteiger charge is 2.36. The monoisotopic (exact) mass is 520 g/mol. The first-order valence-electron chi connectivity index (χ1n) is 11.5. The summed E-state index contributed by atoms with van der Waals surface area (Å²) >= 11 is 6.54. The van der Waals surface area contributed by atoms with Crippen LogP contribution in [-0.2, 0) is 16.2 Å². The van der Waals surface area contributed by atoms with E-state index in [4.69, 9.17) is 21.1 Å². The number of nitrogens with zero attached hydrogens (tertiary/aromatic N) is 1. The molecule has 37 heavy (non-hydrogen) atoms. The Balaban J connectivity index is 1.65. The van der Waals surface area contributed by atoms with Gasteiger partial charge in [-0.05, 0) is 85.5 Å². The number of hydrogen-bond donors (Lipinski definition) is 2. The highest BCUT2D eigenvalue weighted by molar-refractivity contribution is 6.39. The SMILES string of the molecule is CCOc1cc(/C=C2\C(=O)NC(=O)N(c3ccc(O)cc3)C2=O)cc(Cl)c1OCc1ccc(C)c(C)c1. The van der Waals surface area contributed by atoms with Crippen LogP contribution < -0.4 is 19.7 Å². The van der Waals surface area contributed by atoms with Crippen LogP contribution in [0, 0.1) is 13.8 Å². The Bertz CT molecular complexity index is 1410. The van der Waals surface area contributed by atoms with Crippen LogP contribution in [0.1, 0.15) is 29.2 Å². The Hall–Kier alpha value is -4.30. The van der Waals surface area contributed by atoms with Gasteiger partial charge in [0.25, 0.3) is 11.8 Å². The average Bonchev–Trinajstić information content (AvgIpc) is 2.84. The molecule has 0 atom stereocenters. The highest BCUT2D eigenvalue weighted by Crippen LogP contribution is 2.38. The second-order valence-corrected chi connectivity index (χ2v) is 8.85. The third-order valence-corrected chi connectivity index (χ3v) is 6.09. The van der Waals surface area contributed by atoms with Crippen molar-refractivity contribution in [2.45, 2.75) is 27.4 Å². The predicted octanol–water partition coefficient (Wildman–Crippen LogP) is 5.31. The van der Waals surface area contributed by atoms with Gasteiger partial charge in [-0.3, -0.25) is 14.9 Å². The molecule has 9 heteroatoms. The van der Waals surface area contributed by atoms with Crippen molar-refractivity contribution in [3.63, 3.8) is 0 Å². The second kappa shape index (κ2) is 10.8. The molecule has 0 radical (unpaired) electrons. The van der Waals surface area contributed by atoms with Crippen molar-refractivity contribution in [1.29, 1.82) is 0 Å². The molecule has 3 aromatic carbocycles. The number of nitrogens with one attached hydrogen (secondary N) is 1. The number of phenols is 1. The zero-order valence-electron chi connectivity index (χ0n) is 20.5. The lowest BCUT2D eigenvalue weighted by atomic mass is 10.1. The summed E-state index contributed by atoms with van der Waals surface area (Å²) in [7, 11) is 0. The van der Waals surface area contributed by atoms with E-state index >= 15 is 0 Å². The molecule has 4 amide bonds. The van der Waals surface area contributed by atoms with Crippen LogP contribution in [0.15, 0.2) is 60.2 Å². The number of rotatable bonds is 7. The summed E-state index contributed by atoms with van der Waals surface area (Å²) in [6.45, 7) is 6.48. The molecule has 4 rings (SSSR count). The molecule has 1 aliphatic heterocycles. The van der Waals surface area contributed by atoms with E-state index in [-0.39, 0.29) is 28.6 Å². The molecule has 0 spiro atoms. The Morgan fingerprint density at radius 3 is 2.38 bits per heavy atom. The molecular formula is C28H25ClN2O6. The van der Waals surface area contributed by atoms with Crippen molar-refractivity contribution in [3.05, 3.63) is 87.4 Å². The Morgan fingerprint density at radius 1 is 0.973 bits per heavy atom. The van der Waals surface area contributed by atoms with Gasteiger partial charge in [0.1, 0.15) is 17.9 Å². The number of carbonyl (C=O) groups is 3. The molecule has 1 heterocycles. The maximum Gasteiger partial charge on any atom is 0.335 e. The minimum atomic E-state index is -0.888. The fraction of sp³-hybridized carbons (Fsp3) is 0.179. The fourth-order valence-corrected chi connectivity index (χ4v) is 4.06. The molecule has 0 saturated carbocycles. The van der Waals surface area contributed by atoms with Gasteiger partial charge in [-0.2, -0.15) is 0 Å². The topological polar surface area (TPSA) is 105 Å². The maximum absolute atomic E-state index is 13.1. The van der Waals surface area contributed by atoms with Crippen LogP contribution in [-0.4, -0.2) is 29.6 Å². The Labute approximate surface area is 219 Å². The van der Waals surface area contributed by atoms with E-state index in [1.807, 2.05) is 39.0 Å². The van der Waals surface area contributed by atoms with Gasteiger partial charge in [0.15, 0.2) is 11.5 Å². The molecule has 0 aliphatic carbocycles. The molecule has 1 fully saturated rings. The number of aryl methyl sites for hydroxylation is 2. The summed E-state index contributed by atoms with van der Waals surface area (Å²) in [4.78, 5) is 38.9. The van der Waals surface area contributed by atoms with Gasteiger partial charge in [0, 0.05) is 0 Å². The molecular weight excluding hydrogens is 496 g/mol. The lowest BCUT2D eigenvalue weighted by Crippen LogP contribution is -2.54. The van der Waals surface area contributed by atoms with E-state index in [2.05, 4.69) is 5.32 Å². The van der Waals surface area contributed by atoms with Crippen molar-refractivity contribution in [1.82, 2.24) is 5.32 Å². The smallest absolute Gasteiger partial charge is 0.335 e. The van der Waals surface area contributed by atoms with E-state index < -0.39 is 17.8 Å². The molecule has 0 unspecified atom stereocenters. The Kier molecular flexibility index (Phi) is 7.50. The van der Waals surface area contributed by atoms with Gasteiger partial charge >= 0.3 is 6.03 Å². The van der Waals surface area contributed by atoms with Crippen molar-refractivity contribution in [2.24, 2.45) is 0 Å². The summed E-state index contributed by atoms with van der Waals surface area (Å²) < 4.78 is 11.7. The summed E-state index contributed by atoms with van der Waals surface area (Å²) in [5.41, 5.74) is 3.63. The number of imide groups is 2. The van der Waals surface area contributed by atoms with Crippen molar-refractivity contribution < 1.29 is 29.0 Å². The lowest BCUT2D eigenvalue weighted by Gasteiger charge is -2.26. The van der Waals surface area contributed by atoms with Gasteiger partial charge in [-0.15, -0.1) is 0 Å². The molecule has 0 aromatic heterocycles. The van der Waals surface area contributed by atoms with Crippen LogP contribution in [0.3, 0.4) is 0 Å². The maximum atomic E-state index is 13.1. The molecule has 1 saturated heterocycles. The van der Waals surface area contributed by atoms with Crippen LogP contribution >= 0.6 is 11.6 Å². The zero-order chi connectivity index (χ0) is 26.7. The normalized spacial score (nSPS) is 14.6. The summed E-state index contributed by atoms with van der Waals surface area (Å²) in [5.74, 6) is -0.999. The van der Waals surface area contributed by atoms with Gasteiger partial charge in [0.05, 0.1) is 17.3 Å². The summed E-state index contributed by atoms with van der Waals surface area (Å²) in [6, 6.07) is 13.8. The van der Waals surface area contributed by atoms with Crippen LogP contribution in [0.4, 0.5) is 10.5 Å². The average molecular weight is 521 g/mol. The number of hydrogen-bond acceptors (Lipinski definition) is 6. The first-order valence-corrected chi connectivity index (χ1v) is 11.9. The van der Waals surface area contributed by atoms with Crippen molar-refractivity contribution in [3.8, 4) is 17.2 Å². The van der Waals surface area contributed by atoms with Crippen molar-refractivity contribution >= 4 is 41.2 Å². The molecule has 8 nitrogen and oxygen atoms in total. The number of benzene rings is 3. The first-order chi connectivity index (χ1) is 17.7. The van der Waals surface area contributed by atoms with Crippen LogP contribution in [0.2, 0.25) is 5.02 Å². The number of amides is 4. The zero-order valence-corrected chi connectivity index (χ0v) is 21.3. The van der Waals surface area contributed by atoms with Crippen molar-refractivity contribution in [2.75, 3.05) is 11.5 Å². The number of halogens is 1. The highest BCUT2D eigenvalue weighted by atomic mass is 35.5. The molecule has 0 bridgehead atoms. The summed E-state index contributed by atoms with van der Waals surface area (Å²) in [5, 5.41) is 11.9. The van der Waals surface area contributed by atoms with Gasteiger partial charge in [-0.1, -0.05) is 29.8 Å². The second-order valence-electron chi connectivity index (χ2n) is 8.44. The largest absolute Gasteiger partial charge is 0.508 e. The Morgan fingerprint density at radius 2 is 1.70 bits per heavy atom. The van der Waals surface area contributed by atoms with Gasteiger partial charge in [0.2, 0.25) is 0 Å². The van der Waals surface area contributed by atoms with E-state index in [1.54, 1.807) is 12.1 Å². The third kappa shape index (κ3) is 5.59. The summed E-state index contributed by atoms with van der Waals surface area (Å²) in [6.07, 6.45) is 1.33. The standard InChI is InChI=1S/C28H25ClN2O6/c1-4-36-24-14-19(13-23(29)25(24)37-15-18-6-5-16(2)17(3)11-18)12-22-26(33)30-28(35)31(27(22)34)20-7-9-21(32)10-8-20/h5-14,32H,4,15H2,1-3H3,(H,30,33,35)/b22-12+. The number of ether oxygens (including phenoxy) is 2. The molecule has 2 N–H and O–H groups in total.